The number of carbonyl (C=O) groups is 1. The smallest absolute Gasteiger partial charge is 0.214 e. The van der Waals surface area contributed by atoms with E-state index in [2.05, 4.69) is 5.32 Å². The van der Waals surface area contributed by atoms with Crippen LogP contribution in [0.3, 0.4) is 0 Å². The summed E-state index contributed by atoms with van der Waals surface area (Å²) in [7, 11) is 1.95. The molecule has 0 aliphatic carbocycles. The lowest BCUT2D eigenvalue weighted by molar-refractivity contribution is -0.115. The van der Waals surface area contributed by atoms with Crippen molar-refractivity contribution >= 4 is 16.9 Å². The molecule has 108 valence electrons. The highest BCUT2D eigenvalue weighted by Gasteiger charge is 1.98. The van der Waals surface area contributed by atoms with Gasteiger partial charge >= 0.3 is 0 Å². The summed E-state index contributed by atoms with van der Waals surface area (Å²) in [6, 6.07) is 0. The zero-order valence-corrected chi connectivity index (χ0v) is 12.2. The zero-order chi connectivity index (χ0) is 13.5. The molecule has 1 N–H and O–H groups in total. The summed E-state index contributed by atoms with van der Waals surface area (Å²) < 4.78 is 15.8. The highest BCUT2D eigenvalue weighted by atomic mass is 32.2. The van der Waals surface area contributed by atoms with Gasteiger partial charge in [-0.15, -0.1) is 0 Å². The average Bonchev–Trinajstić information content (AvgIpc) is 2.39. The van der Waals surface area contributed by atoms with Gasteiger partial charge in [-0.05, 0) is 32.7 Å². The first-order chi connectivity index (χ1) is 8.81. The van der Waals surface area contributed by atoms with E-state index in [1.807, 2.05) is 7.05 Å². The van der Waals surface area contributed by atoms with Crippen molar-refractivity contribution < 1.29 is 19.0 Å². The molecule has 0 amide bonds. The van der Waals surface area contributed by atoms with Gasteiger partial charge in [0.05, 0.1) is 26.4 Å². The summed E-state index contributed by atoms with van der Waals surface area (Å²) >= 11 is 1.18. The van der Waals surface area contributed by atoms with E-state index in [1.54, 1.807) is 6.26 Å². The van der Waals surface area contributed by atoms with Crippen LogP contribution < -0.4 is 5.32 Å². The molecule has 0 saturated heterocycles. The average molecular weight is 279 g/mol. The van der Waals surface area contributed by atoms with E-state index in [4.69, 9.17) is 14.2 Å². The Kier molecular flexibility index (Phi) is 14.8. The Balaban J connectivity index is 2.97. The van der Waals surface area contributed by atoms with E-state index in [1.165, 1.54) is 11.8 Å². The number of hydrogen-bond donors (Lipinski definition) is 1. The third kappa shape index (κ3) is 13.9. The molecule has 18 heavy (non-hydrogen) atoms. The SMILES string of the molecule is CNCCCCOCCOCCOCC(=O)SC. The number of thioether (sulfide) groups is 1. The van der Waals surface area contributed by atoms with Gasteiger partial charge in [0.25, 0.3) is 0 Å². The fraction of sp³-hybridized carbons (Fsp3) is 0.917. The Morgan fingerprint density at radius 2 is 1.61 bits per heavy atom. The quantitative estimate of drug-likeness (QED) is 0.506. The Hall–Kier alpha value is -0.140. The number of nitrogens with one attached hydrogen (secondary N) is 1. The number of ether oxygens (including phenoxy) is 3. The molecule has 0 radical (unpaired) electrons. The van der Waals surface area contributed by atoms with Crippen LogP contribution in [0.2, 0.25) is 0 Å². The van der Waals surface area contributed by atoms with E-state index in [-0.39, 0.29) is 11.7 Å². The van der Waals surface area contributed by atoms with Crippen molar-refractivity contribution in [2.45, 2.75) is 12.8 Å². The van der Waals surface area contributed by atoms with Crippen molar-refractivity contribution in [3.63, 3.8) is 0 Å². The summed E-state index contributed by atoms with van der Waals surface area (Å²) in [5.74, 6) is 0. The Labute approximate surface area is 114 Å². The van der Waals surface area contributed by atoms with Crippen molar-refractivity contribution in [2.24, 2.45) is 0 Å². The zero-order valence-electron chi connectivity index (χ0n) is 11.4. The number of unbranched alkanes of at least 4 members (excludes halogenated alkanes) is 1. The first-order valence-electron chi connectivity index (χ1n) is 6.26. The predicted molar refractivity (Wildman–Crippen MR) is 74.1 cm³/mol. The lowest BCUT2D eigenvalue weighted by Crippen LogP contribution is -2.13. The molecule has 0 heterocycles. The predicted octanol–water partition coefficient (Wildman–Crippen LogP) is 0.925. The Bertz CT molecular complexity index is 193. The molecule has 0 aliphatic rings. The molecule has 0 rings (SSSR count). The third-order valence-corrected chi connectivity index (χ3v) is 2.73. The molecule has 5 nitrogen and oxygen atoms in total. The van der Waals surface area contributed by atoms with Crippen molar-refractivity contribution in [1.82, 2.24) is 5.32 Å². The number of rotatable bonds is 13. The van der Waals surface area contributed by atoms with Gasteiger partial charge in [-0.3, -0.25) is 4.79 Å². The Morgan fingerprint density at radius 1 is 1.00 bits per heavy atom. The van der Waals surface area contributed by atoms with Crippen molar-refractivity contribution in [1.29, 1.82) is 0 Å². The first kappa shape index (κ1) is 17.9. The van der Waals surface area contributed by atoms with Gasteiger partial charge in [-0.2, -0.15) is 0 Å². The van der Waals surface area contributed by atoms with Gasteiger partial charge in [0, 0.05) is 6.61 Å². The molecule has 0 spiro atoms. The highest BCUT2D eigenvalue weighted by Crippen LogP contribution is 1.94. The number of hydrogen-bond acceptors (Lipinski definition) is 6. The molecule has 0 unspecified atom stereocenters. The number of carbonyl (C=O) groups excluding carboxylic acids is 1. The van der Waals surface area contributed by atoms with E-state index in [9.17, 15) is 4.79 Å². The van der Waals surface area contributed by atoms with Crippen LogP contribution in [-0.4, -0.2) is 64.6 Å². The second kappa shape index (κ2) is 14.9. The molecular formula is C12H25NO4S. The van der Waals surface area contributed by atoms with Gasteiger partial charge in [0.2, 0.25) is 5.12 Å². The standard InChI is InChI=1S/C12H25NO4S/c1-13-5-3-4-6-15-7-8-16-9-10-17-11-12(14)18-2/h13H,3-11H2,1-2H3. The molecule has 0 aliphatic heterocycles. The minimum Gasteiger partial charge on any atom is -0.379 e. The maximum absolute atomic E-state index is 10.9. The van der Waals surface area contributed by atoms with Gasteiger partial charge in [-0.1, -0.05) is 11.8 Å². The van der Waals surface area contributed by atoms with Crippen LogP contribution in [0.4, 0.5) is 0 Å². The monoisotopic (exact) mass is 279 g/mol. The molecule has 0 aromatic rings. The van der Waals surface area contributed by atoms with E-state index < -0.39 is 0 Å². The van der Waals surface area contributed by atoms with Crippen molar-refractivity contribution in [3.05, 3.63) is 0 Å². The largest absolute Gasteiger partial charge is 0.379 e. The fourth-order valence-corrected chi connectivity index (χ4v) is 1.36. The van der Waals surface area contributed by atoms with Gasteiger partial charge in [-0.25, -0.2) is 0 Å². The molecule has 0 fully saturated rings. The molecule has 0 aromatic carbocycles. The molecule has 0 atom stereocenters. The van der Waals surface area contributed by atoms with Crippen molar-refractivity contribution in [2.75, 3.05) is 59.5 Å². The van der Waals surface area contributed by atoms with E-state index >= 15 is 0 Å². The fourth-order valence-electron chi connectivity index (χ4n) is 1.16. The Morgan fingerprint density at radius 3 is 2.22 bits per heavy atom. The first-order valence-corrected chi connectivity index (χ1v) is 7.48. The molecule has 0 bridgehead atoms. The summed E-state index contributed by atoms with van der Waals surface area (Å²) in [5, 5.41) is 3.13. The van der Waals surface area contributed by atoms with Gasteiger partial charge in [0.15, 0.2) is 0 Å². The molecule has 0 aromatic heterocycles. The van der Waals surface area contributed by atoms with Crippen LogP contribution in [0.1, 0.15) is 12.8 Å². The molecule has 0 saturated carbocycles. The summed E-state index contributed by atoms with van der Waals surface area (Å²) in [6.45, 7) is 4.12. The molecule has 6 heteroatoms. The van der Waals surface area contributed by atoms with Gasteiger partial charge in [0.1, 0.15) is 6.61 Å². The highest BCUT2D eigenvalue weighted by molar-refractivity contribution is 8.13. The summed E-state index contributed by atoms with van der Waals surface area (Å²) in [6.07, 6.45) is 3.95. The van der Waals surface area contributed by atoms with Crippen molar-refractivity contribution in [3.8, 4) is 0 Å². The van der Waals surface area contributed by atoms with Crippen LogP contribution in [0, 0.1) is 0 Å². The maximum atomic E-state index is 10.9. The maximum Gasteiger partial charge on any atom is 0.214 e. The lowest BCUT2D eigenvalue weighted by atomic mass is 10.3. The minimum atomic E-state index is 0.0416. The normalized spacial score (nSPS) is 10.8. The van der Waals surface area contributed by atoms with Gasteiger partial charge < -0.3 is 19.5 Å². The van der Waals surface area contributed by atoms with E-state index in [0.29, 0.717) is 26.4 Å². The van der Waals surface area contributed by atoms with Crippen LogP contribution in [0.25, 0.3) is 0 Å². The van der Waals surface area contributed by atoms with Crippen LogP contribution in [0.5, 0.6) is 0 Å². The van der Waals surface area contributed by atoms with E-state index in [0.717, 1.165) is 26.0 Å². The topological polar surface area (TPSA) is 56.8 Å². The summed E-state index contributed by atoms with van der Waals surface area (Å²) in [5.41, 5.74) is 0. The summed E-state index contributed by atoms with van der Waals surface area (Å²) in [4.78, 5) is 10.9. The third-order valence-electron chi connectivity index (χ3n) is 2.16. The van der Waals surface area contributed by atoms with Crippen LogP contribution in [0.15, 0.2) is 0 Å². The second-order valence-electron chi connectivity index (χ2n) is 3.66. The lowest BCUT2D eigenvalue weighted by Gasteiger charge is -2.06. The molecular weight excluding hydrogens is 254 g/mol. The minimum absolute atomic E-state index is 0.0416. The van der Waals surface area contributed by atoms with Crippen LogP contribution in [-0.2, 0) is 19.0 Å². The second-order valence-corrected chi connectivity index (χ2v) is 4.53. The van der Waals surface area contributed by atoms with Crippen LogP contribution >= 0.6 is 11.8 Å².